The van der Waals surface area contributed by atoms with Crippen molar-refractivity contribution in [3.63, 3.8) is 0 Å². The lowest BCUT2D eigenvalue weighted by atomic mass is 9.59. The lowest BCUT2D eigenvalue weighted by Crippen LogP contribution is -2.39. The van der Waals surface area contributed by atoms with E-state index in [4.69, 9.17) is 4.74 Å². The number of aromatic hydroxyl groups is 1. The molecule has 1 aliphatic heterocycles. The number of phenolic OH excluding ortho intramolecular Hbond substituents is 1. The maximum Gasteiger partial charge on any atom is 0.234 e. The maximum atomic E-state index is 13.8. The molecule has 1 heterocycles. The number of nitrogens with zero attached hydrogens (tertiary/aromatic N) is 1. The van der Waals surface area contributed by atoms with E-state index in [-0.39, 0.29) is 47.8 Å². The van der Waals surface area contributed by atoms with Gasteiger partial charge in [0.25, 0.3) is 0 Å². The van der Waals surface area contributed by atoms with Crippen molar-refractivity contribution in [2.45, 2.75) is 32.2 Å². The molecule has 0 saturated carbocycles. The van der Waals surface area contributed by atoms with Gasteiger partial charge >= 0.3 is 0 Å². The molecule has 0 radical (unpaired) electrons. The van der Waals surface area contributed by atoms with Gasteiger partial charge in [0.15, 0.2) is 23.1 Å². The average Bonchev–Trinajstić information content (AvgIpc) is 3.16. The molecule has 0 spiro atoms. The first-order valence-corrected chi connectivity index (χ1v) is 12.8. The number of likely N-dealkylation sites (tertiary alicyclic amines) is 1. The minimum absolute atomic E-state index is 0.109. The smallest absolute Gasteiger partial charge is 0.234 e. The molecular weight excluding hydrogens is 482 g/mol. The van der Waals surface area contributed by atoms with Crippen molar-refractivity contribution in [2.24, 2.45) is 17.8 Å². The molecule has 192 valence electrons. The van der Waals surface area contributed by atoms with Crippen LogP contribution in [0.5, 0.6) is 11.5 Å². The third-order valence-electron chi connectivity index (χ3n) is 8.40. The van der Waals surface area contributed by atoms with Crippen LogP contribution in [0.15, 0.2) is 83.0 Å². The summed E-state index contributed by atoms with van der Waals surface area (Å²) in [7, 11) is 1.45. The maximum absolute atomic E-state index is 13.8. The Balaban J connectivity index is 1.47. The van der Waals surface area contributed by atoms with Crippen molar-refractivity contribution in [3.8, 4) is 11.5 Å². The van der Waals surface area contributed by atoms with Gasteiger partial charge in [-0.1, -0.05) is 54.1 Å². The number of ether oxygens (including phenoxy) is 1. The van der Waals surface area contributed by atoms with Gasteiger partial charge in [-0.05, 0) is 43.4 Å². The van der Waals surface area contributed by atoms with Gasteiger partial charge in [-0.25, -0.2) is 0 Å². The van der Waals surface area contributed by atoms with E-state index < -0.39 is 23.7 Å². The second-order valence-corrected chi connectivity index (χ2v) is 10.4. The molecule has 1 N–H and O–H groups in total. The Hall–Kier alpha value is -4.26. The van der Waals surface area contributed by atoms with Crippen molar-refractivity contribution < 1.29 is 29.0 Å². The van der Waals surface area contributed by atoms with E-state index in [0.29, 0.717) is 28.7 Å². The lowest BCUT2D eigenvalue weighted by Gasteiger charge is -2.42. The predicted molar refractivity (Wildman–Crippen MR) is 138 cm³/mol. The highest BCUT2D eigenvalue weighted by Crippen LogP contribution is 2.56. The summed E-state index contributed by atoms with van der Waals surface area (Å²) in [6, 6.07) is 14.5. The number of para-hydroxylation sites is 1. The molecule has 0 bridgehead atoms. The van der Waals surface area contributed by atoms with E-state index in [1.807, 2.05) is 36.4 Å². The SMILES string of the molecule is COc1cccc([C@H]2C3=CC[C@@H]4C(=O)N(Cc5ccccc5)C(=O)[C@@H]4[C@@H]3CC3=C2C(=O)C(C)=CC3=O)c1O. The van der Waals surface area contributed by atoms with Gasteiger partial charge in [-0.3, -0.25) is 24.1 Å². The second kappa shape index (κ2) is 8.94. The number of fused-ring (bicyclic) bond motifs is 3. The average molecular weight is 510 g/mol. The quantitative estimate of drug-likeness (QED) is 0.380. The number of imide groups is 1. The highest BCUT2D eigenvalue weighted by atomic mass is 16.5. The molecule has 2 aromatic carbocycles. The zero-order valence-corrected chi connectivity index (χ0v) is 21.1. The molecule has 0 aromatic heterocycles. The number of benzene rings is 2. The molecular formula is C31H27NO6. The van der Waals surface area contributed by atoms with Crippen molar-refractivity contribution >= 4 is 23.4 Å². The Morgan fingerprint density at radius 3 is 2.47 bits per heavy atom. The van der Waals surface area contributed by atoms with Gasteiger partial charge in [-0.2, -0.15) is 0 Å². The van der Waals surface area contributed by atoms with E-state index in [1.54, 1.807) is 25.1 Å². The summed E-state index contributed by atoms with van der Waals surface area (Å²) in [4.78, 5) is 55.3. The normalized spacial score (nSPS) is 26.5. The highest BCUT2D eigenvalue weighted by Gasteiger charge is 2.56. The Bertz CT molecular complexity index is 1500. The van der Waals surface area contributed by atoms with Gasteiger partial charge in [0.2, 0.25) is 11.8 Å². The highest BCUT2D eigenvalue weighted by molar-refractivity contribution is 6.24. The summed E-state index contributed by atoms with van der Waals surface area (Å²) in [6.07, 6.45) is 3.85. The molecule has 2 amide bonds. The number of hydrogen-bond acceptors (Lipinski definition) is 6. The van der Waals surface area contributed by atoms with Crippen LogP contribution in [0.25, 0.3) is 0 Å². The fraction of sp³-hybridized carbons (Fsp3) is 0.290. The Morgan fingerprint density at radius 1 is 0.974 bits per heavy atom. The number of amides is 2. The first-order chi connectivity index (χ1) is 18.3. The number of hydrogen-bond donors (Lipinski definition) is 1. The number of carbonyl (C=O) groups is 4. The van der Waals surface area contributed by atoms with E-state index in [0.717, 1.165) is 11.1 Å². The standard InChI is InChI=1S/C31H27NO6/c1-16-13-23(33)22-14-21-18(25(27(22)28(16)34)19-9-6-10-24(38-2)29(19)35)11-12-20-26(21)31(37)32(30(20)36)15-17-7-4-3-5-8-17/h3-11,13,20-21,25-26,35H,12,14-15H2,1-2H3/t20-,21+,25+,26-/m0/s1. The van der Waals surface area contributed by atoms with E-state index in [2.05, 4.69) is 0 Å². The van der Waals surface area contributed by atoms with Crippen LogP contribution in [0.4, 0.5) is 0 Å². The summed E-state index contributed by atoms with van der Waals surface area (Å²) in [5.41, 5.74) is 3.15. The Morgan fingerprint density at radius 2 is 1.74 bits per heavy atom. The third kappa shape index (κ3) is 3.49. The molecule has 2 aromatic rings. The number of carbonyl (C=O) groups excluding carboxylic acids is 4. The van der Waals surface area contributed by atoms with Gasteiger partial charge in [0.05, 0.1) is 25.5 Å². The summed E-state index contributed by atoms with van der Waals surface area (Å²) < 4.78 is 5.33. The van der Waals surface area contributed by atoms with Crippen LogP contribution >= 0.6 is 0 Å². The van der Waals surface area contributed by atoms with Gasteiger partial charge in [-0.15, -0.1) is 0 Å². The third-order valence-corrected chi connectivity index (χ3v) is 8.40. The van der Waals surface area contributed by atoms with Crippen LogP contribution in [-0.4, -0.2) is 40.5 Å². The summed E-state index contributed by atoms with van der Waals surface area (Å²) in [6.45, 7) is 1.81. The number of allylic oxidation sites excluding steroid dienone is 6. The molecule has 0 unspecified atom stereocenters. The first kappa shape index (κ1) is 24.1. The van der Waals surface area contributed by atoms with Crippen LogP contribution in [0.2, 0.25) is 0 Å². The summed E-state index contributed by atoms with van der Waals surface area (Å²) in [5.74, 6) is -3.13. The van der Waals surface area contributed by atoms with Crippen LogP contribution in [0.1, 0.15) is 36.8 Å². The molecule has 3 aliphatic carbocycles. The monoisotopic (exact) mass is 509 g/mol. The number of phenols is 1. The first-order valence-electron chi connectivity index (χ1n) is 12.8. The molecule has 6 rings (SSSR count). The molecule has 1 saturated heterocycles. The predicted octanol–water partition coefficient (Wildman–Crippen LogP) is 4.03. The van der Waals surface area contributed by atoms with Crippen LogP contribution in [0.3, 0.4) is 0 Å². The minimum Gasteiger partial charge on any atom is -0.504 e. The van der Waals surface area contributed by atoms with E-state index in [9.17, 15) is 24.3 Å². The topological polar surface area (TPSA) is 101 Å². The molecule has 7 heteroatoms. The second-order valence-electron chi connectivity index (χ2n) is 10.4. The van der Waals surface area contributed by atoms with Crippen LogP contribution in [0, 0.1) is 17.8 Å². The number of methoxy groups -OCH3 is 1. The van der Waals surface area contributed by atoms with Crippen LogP contribution in [-0.2, 0) is 25.7 Å². The van der Waals surface area contributed by atoms with Crippen molar-refractivity contribution in [3.05, 3.63) is 94.1 Å². The number of Topliss-reactive ketones (excluding diaryl/α,β-unsaturated/α-hetero) is 1. The summed E-state index contributed by atoms with van der Waals surface area (Å²) >= 11 is 0. The van der Waals surface area contributed by atoms with Crippen molar-refractivity contribution in [1.82, 2.24) is 4.90 Å². The number of ketones is 2. The summed E-state index contributed by atoms with van der Waals surface area (Å²) in [5, 5.41) is 11.1. The molecule has 4 aliphatic rings. The van der Waals surface area contributed by atoms with E-state index >= 15 is 0 Å². The van der Waals surface area contributed by atoms with Crippen molar-refractivity contribution in [1.29, 1.82) is 0 Å². The van der Waals surface area contributed by atoms with Gasteiger partial charge < -0.3 is 9.84 Å². The zero-order chi connectivity index (χ0) is 26.7. The Kier molecular flexibility index (Phi) is 5.67. The lowest BCUT2D eigenvalue weighted by molar-refractivity contribution is -0.140. The molecule has 7 nitrogen and oxygen atoms in total. The minimum atomic E-state index is -0.717. The molecule has 1 fully saturated rings. The molecule has 38 heavy (non-hydrogen) atoms. The Labute approximate surface area is 220 Å². The largest absolute Gasteiger partial charge is 0.504 e. The fourth-order valence-corrected chi connectivity index (χ4v) is 6.64. The van der Waals surface area contributed by atoms with Crippen LogP contribution < -0.4 is 4.74 Å². The fourth-order valence-electron chi connectivity index (χ4n) is 6.64. The zero-order valence-electron chi connectivity index (χ0n) is 21.1. The van der Waals surface area contributed by atoms with E-state index in [1.165, 1.54) is 18.1 Å². The van der Waals surface area contributed by atoms with Gasteiger partial charge in [0, 0.05) is 28.2 Å². The van der Waals surface area contributed by atoms with Crippen molar-refractivity contribution in [2.75, 3.05) is 7.11 Å². The number of rotatable bonds is 4. The molecule has 4 atom stereocenters. The van der Waals surface area contributed by atoms with Gasteiger partial charge in [0.1, 0.15) is 0 Å².